The van der Waals surface area contributed by atoms with Crippen LogP contribution in [0.3, 0.4) is 0 Å². The molecule has 2 rings (SSSR count). The van der Waals surface area contributed by atoms with Crippen molar-refractivity contribution in [3.63, 3.8) is 0 Å². The van der Waals surface area contributed by atoms with Gasteiger partial charge in [-0.3, -0.25) is 9.69 Å². The molecular formula is C11H21N3O. The predicted octanol–water partition coefficient (Wildman–Crippen LogP) is -0.195. The van der Waals surface area contributed by atoms with Gasteiger partial charge in [0.1, 0.15) is 6.04 Å². The van der Waals surface area contributed by atoms with Crippen molar-refractivity contribution in [3.8, 4) is 0 Å². The summed E-state index contributed by atoms with van der Waals surface area (Å²) >= 11 is 0. The maximum atomic E-state index is 11.7. The maximum absolute atomic E-state index is 11.7. The average Bonchev–Trinajstić information content (AvgIpc) is 2.24. The monoisotopic (exact) mass is 211 g/mol. The van der Waals surface area contributed by atoms with Crippen LogP contribution in [0.25, 0.3) is 0 Å². The summed E-state index contributed by atoms with van der Waals surface area (Å²) in [5.41, 5.74) is 0. The summed E-state index contributed by atoms with van der Waals surface area (Å²) in [7, 11) is 1.72. The highest BCUT2D eigenvalue weighted by Crippen LogP contribution is 2.32. The Hall–Kier alpha value is -0.610. The molecule has 0 bridgehead atoms. The second-order valence-corrected chi connectivity index (χ2v) is 4.80. The Balaban J connectivity index is 1.96. The highest BCUT2D eigenvalue weighted by atomic mass is 16.2. The van der Waals surface area contributed by atoms with Crippen molar-refractivity contribution in [2.75, 3.05) is 26.7 Å². The molecule has 1 amide bonds. The SMILES string of the molecule is CNC(=O)C1CNCCN1C1CC(C)C1. The highest BCUT2D eigenvalue weighted by Gasteiger charge is 2.38. The van der Waals surface area contributed by atoms with Crippen molar-refractivity contribution in [2.24, 2.45) is 5.92 Å². The minimum Gasteiger partial charge on any atom is -0.358 e. The molecule has 1 saturated heterocycles. The Morgan fingerprint density at radius 1 is 1.47 bits per heavy atom. The molecule has 0 aromatic heterocycles. The molecule has 0 aromatic carbocycles. The molecule has 1 aliphatic heterocycles. The number of carbonyl (C=O) groups is 1. The van der Waals surface area contributed by atoms with Gasteiger partial charge in [-0.05, 0) is 18.8 Å². The lowest BCUT2D eigenvalue weighted by molar-refractivity contribution is -0.129. The molecule has 2 fully saturated rings. The lowest BCUT2D eigenvalue weighted by Gasteiger charge is -2.47. The van der Waals surface area contributed by atoms with Crippen molar-refractivity contribution in [2.45, 2.75) is 31.8 Å². The normalized spacial score (nSPS) is 37.1. The molecule has 1 aliphatic carbocycles. The van der Waals surface area contributed by atoms with Crippen LogP contribution < -0.4 is 10.6 Å². The van der Waals surface area contributed by atoms with Crippen LogP contribution in [0.2, 0.25) is 0 Å². The van der Waals surface area contributed by atoms with Crippen molar-refractivity contribution < 1.29 is 4.79 Å². The molecule has 2 N–H and O–H groups in total. The molecule has 4 heteroatoms. The van der Waals surface area contributed by atoms with Gasteiger partial charge in [0.25, 0.3) is 0 Å². The van der Waals surface area contributed by atoms with E-state index in [2.05, 4.69) is 22.5 Å². The third-order valence-electron chi connectivity index (χ3n) is 3.65. The van der Waals surface area contributed by atoms with Crippen LogP contribution in [-0.4, -0.2) is 49.6 Å². The van der Waals surface area contributed by atoms with Crippen LogP contribution in [-0.2, 0) is 4.79 Å². The van der Waals surface area contributed by atoms with Gasteiger partial charge in [0, 0.05) is 32.7 Å². The molecule has 2 aliphatic rings. The summed E-state index contributed by atoms with van der Waals surface area (Å²) < 4.78 is 0. The smallest absolute Gasteiger partial charge is 0.238 e. The Labute approximate surface area is 91.4 Å². The Bertz CT molecular complexity index is 238. The van der Waals surface area contributed by atoms with Crippen molar-refractivity contribution in [3.05, 3.63) is 0 Å². The van der Waals surface area contributed by atoms with Gasteiger partial charge >= 0.3 is 0 Å². The van der Waals surface area contributed by atoms with E-state index in [1.54, 1.807) is 7.05 Å². The van der Waals surface area contributed by atoms with Gasteiger partial charge in [0.15, 0.2) is 0 Å². The minimum atomic E-state index is 0.0428. The first-order valence-electron chi connectivity index (χ1n) is 5.90. The lowest BCUT2D eigenvalue weighted by atomic mass is 9.80. The Morgan fingerprint density at radius 2 is 2.20 bits per heavy atom. The van der Waals surface area contributed by atoms with Crippen molar-refractivity contribution in [1.29, 1.82) is 0 Å². The van der Waals surface area contributed by atoms with Crippen LogP contribution in [0.4, 0.5) is 0 Å². The molecule has 1 saturated carbocycles. The molecule has 0 aromatic rings. The predicted molar refractivity (Wildman–Crippen MR) is 59.6 cm³/mol. The van der Waals surface area contributed by atoms with E-state index in [1.807, 2.05) is 0 Å². The first-order valence-corrected chi connectivity index (χ1v) is 5.90. The van der Waals surface area contributed by atoms with Crippen molar-refractivity contribution >= 4 is 5.91 Å². The standard InChI is InChI=1S/C11H21N3O/c1-8-5-9(6-8)14-4-3-13-7-10(14)11(15)12-2/h8-10,13H,3-7H2,1-2H3,(H,12,15). The first kappa shape index (κ1) is 10.9. The molecule has 4 nitrogen and oxygen atoms in total. The maximum Gasteiger partial charge on any atom is 0.238 e. The average molecular weight is 211 g/mol. The van der Waals surface area contributed by atoms with E-state index in [-0.39, 0.29) is 11.9 Å². The number of nitrogens with one attached hydrogen (secondary N) is 2. The van der Waals surface area contributed by atoms with Crippen LogP contribution in [0, 0.1) is 5.92 Å². The second-order valence-electron chi connectivity index (χ2n) is 4.80. The zero-order valence-electron chi connectivity index (χ0n) is 9.62. The van der Waals surface area contributed by atoms with E-state index >= 15 is 0 Å². The molecule has 15 heavy (non-hydrogen) atoms. The first-order chi connectivity index (χ1) is 7.22. The van der Waals surface area contributed by atoms with Gasteiger partial charge in [0.2, 0.25) is 5.91 Å². The number of piperazine rings is 1. The van der Waals surface area contributed by atoms with E-state index in [9.17, 15) is 4.79 Å². The quantitative estimate of drug-likeness (QED) is 0.665. The van der Waals surface area contributed by atoms with Gasteiger partial charge in [-0.15, -0.1) is 0 Å². The third kappa shape index (κ3) is 2.16. The van der Waals surface area contributed by atoms with Gasteiger partial charge in [0.05, 0.1) is 0 Å². The summed E-state index contributed by atoms with van der Waals surface area (Å²) in [5.74, 6) is 0.997. The van der Waals surface area contributed by atoms with Crippen LogP contribution >= 0.6 is 0 Å². The third-order valence-corrected chi connectivity index (χ3v) is 3.65. The van der Waals surface area contributed by atoms with E-state index < -0.39 is 0 Å². The summed E-state index contributed by atoms with van der Waals surface area (Å²) in [5, 5.41) is 6.05. The van der Waals surface area contributed by atoms with Gasteiger partial charge in [-0.2, -0.15) is 0 Å². The van der Waals surface area contributed by atoms with Crippen molar-refractivity contribution in [1.82, 2.24) is 15.5 Å². The largest absolute Gasteiger partial charge is 0.358 e. The summed E-state index contributed by atoms with van der Waals surface area (Å²) in [6.07, 6.45) is 2.51. The van der Waals surface area contributed by atoms with Gasteiger partial charge in [-0.1, -0.05) is 6.92 Å². The second kappa shape index (κ2) is 4.49. The molecule has 0 radical (unpaired) electrons. The number of nitrogens with zero attached hydrogens (tertiary/aromatic N) is 1. The molecule has 1 unspecified atom stereocenters. The Morgan fingerprint density at radius 3 is 2.80 bits per heavy atom. The topological polar surface area (TPSA) is 44.4 Å². The molecule has 86 valence electrons. The number of hydrogen-bond acceptors (Lipinski definition) is 3. The molecule has 1 atom stereocenters. The molecule has 1 heterocycles. The minimum absolute atomic E-state index is 0.0428. The Kier molecular flexibility index (Phi) is 3.26. The van der Waals surface area contributed by atoms with Crippen LogP contribution in [0.5, 0.6) is 0 Å². The van der Waals surface area contributed by atoms with E-state index in [0.29, 0.717) is 6.04 Å². The van der Waals surface area contributed by atoms with Crippen LogP contribution in [0.1, 0.15) is 19.8 Å². The van der Waals surface area contributed by atoms with E-state index in [0.717, 1.165) is 25.6 Å². The number of hydrogen-bond donors (Lipinski definition) is 2. The zero-order valence-corrected chi connectivity index (χ0v) is 9.62. The van der Waals surface area contributed by atoms with Crippen LogP contribution in [0.15, 0.2) is 0 Å². The summed E-state index contributed by atoms with van der Waals surface area (Å²) in [6, 6.07) is 0.686. The molecule has 0 spiro atoms. The number of amides is 1. The van der Waals surface area contributed by atoms with E-state index in [4.69, 9.17) is 0 Å². The number of rotatable bonds is 2. The fraction of sp³-hybridized carbons (Fsp3) is 0.909. The summed E-state index contributed by atoms with van der Waals surface area (Å²) in [4.78, 5) is 14.1. The van der Waals surface area contributed by atoms with Gasteiger partial charge in [-0.25, -0.2) is 0 Å². The number of carbonyl (C=O) groups excluding carboxylic acids is 1. The zero-order chi connectivity index (χ0) is 10.8. The lowest BCUT2D eigenvalue weighted by Crippen LogP contribution is -2.62. The number of likely N-dealkylation sites (N-methyl/N-ethyl adjacent to an activating group) is 1. The molecular weight excluding hydrogens is 190 g/mol. The fourth-order valence-corrected chi connectivity index (χ4v) is 2.70. The van der Waals surface area contributed by atoms with E-state index in [1.165, 1.54) is 12.8 Å². The fourth-order valence-electron chi connectivity index (χ4n) is 2.70. The highest BCUT2D eigenvalue weighted by molar-refractivity contribution is 5.81. The van der Waals surface area contributed by atoms with Gasteiger partial charge < -0.3 is 10.6 Å². The summed E-state index contributed by atoms with van der Waals surface area (Å²) in [6.45, 7) is 5.10.